The predicted molar refractivity (Wildman–Crippen MR) is 110 cm³/mol. The Bertz CT molecular complexity index is 875. The second-order valence-corrected chi connectivity index (χ2v) is 7.50. The monoisotopic (exact) mass is 394 g/mol. The molecule has 152 valence electrons. The van der Waals surface area contributed by atoms with Gasteiger partial charge in [0.15, 0.2) is 0 Å². The van der Waals surface area contributed by atoms with Crippen LogP contribution in [-0.4, -0.2) is 47.4 Å². The summed E-state index contributed by atoms with van der Waals surface area (Å²) in [5.74, 6) is -1.21. The van der Waals surface area contributed by atoms with Gasteiger partial charge in [0.1, 0.15) is 0 Å². The van der Waals surface area contributed by atoms with Crippen LogP contribution in [0.15, 0.2) is 48.5 Å². The van der Waals surface area contributed by atoms with Crippen molar-refractivity contribution in [1.29, 1.82) is 0 Å². The van der Waals surface area contributed by atoms with Gasteiger partial charge in [-0.3, -0.25) is 9.59 Å². The number of carbonyl (C=O) groups is 3. The van der Waals surface area contributed by atoms with Crippen LogP contribution >= 0.6 is 0 Å². The lowest BCUT2D eigenvalue weighted by molar-refractivity contribution is -0.126. The molecule has 1 unspecified atom stereocenters. The molecule has 1 aliphatic heterocycles. The minimum absolute atomic E-state index is 0.0268. The Morgan fingerprint density at radius 2 is 1.69 bits per heavy atom. The van der Waals surface area contributed by atoms with Crippen LogP contribution in [0, 0.1) is 12.8 Å². The van der Waals surface area contributed by atoms with Gasteiger partial charge in [-0.25, -0.2) is 4.79 Å². The number of amides is 2. The molecule has 1 saturated heterocycles. The minimum atomic E-state index is -0.952. The van der Waals surface area contributed by atoms with Crippen LogP contribution in [-0.2, 0) is 11.2 Å². The number of carboxylic acids is 1. The van der Waals surface area contributed by atoms with E-state index in [2.05, 4.69) is 5.32 Å². The highest BCUT2D eigenvalue weighted by atomic mass is 16.4. The number of piperidine rings is 1. The second-order valence-electron chi connectivity index (χ2n) is 7.50. The van der Waals surface area contributed by atoms with E-state index in [9.17, 15) is 14.4 Å². The van der Waals surface area contributed by atoms with Crippen LogP contribution in [0.5, 0.6) is 0 Å². The molecular weight excluding hydrogens is 368 g/mol. The zero-order valence-electron chi connectivity index (χ0n) is 16.6. The normalized spacial score (nSPS) is 16.3. The van der Waals surface area contributed by atoms with Crippen LogP contribution in [0.2, 0.25) is 0 Å². The van der Waals surface area contributed by atoms with E-state index in [1.165, 1.54) is 0 Å². The topological polar surface area (TPSA) is 86.7 Å². The summed E-state index contributed by atoms with van der Waals surface area (Å²) < 4.78 is 0. The Hall–Kier alpha value is -3.15. The maximum absolute atomic E-state index is 12.7. The first-order chi connectivity index (χ1) is 13.9. The molecule has 0 bridgehead atoms. The van der Waals surface area contributed by atoms with Crippen molar-refractivity contribution in [3.05, 3.63) is 70.8 Å². The molecule has 6 heteroatoms. The van der Waals surface area contributed by atoms with E-state index in [4.69, 9.17) is 5.11 Å². The number of hydrogen-bond donors (Lipinski definition) is 2. The van der Waals surface area contributed by atoms with Gasteiger partial charge in [-0.1, -0.05) is 29.8 Å². The van der Waals surface area contributed by atoms with E-state index in [0.29, 0.717) is 31.6 Å². The molecule has 1 atom stereocenters. The number of nitrogens with one attached hydrogen (secondary N) is 1. The van der Waals surface area contributed by atoms with Crippen molar-refractivity contribution in [2.24, 2.45) is 5.92 Å². The summed E-state index contributed by atoms with van der Waals surface area (Å²) in [6.07, 6.45) is 2.22. The fourth-order valence-corrected chi connectivity index (χ4v) is 3.54. The molecule has 29 heavy (non-hydrogen) atoms. The lowest BCUT2D eigenvalue weighted by Crippen LogP contribution is -2.45. The average Bonchev–Trinajstić information content (AvgIpc) is 2.74. The number of carbonyl (C=O) groups excluding carboxylic acids is 2. The van der Waals surface area contributed by atoms with Crippen molar-refractivity contribution in [3.63, 3.8) is 0 Å². The first-order valence-corrected chi connectivity index (χ1v) is 9.90. The highest BCUT2D eigenvalue weighted by Crippen LogP contribution is 2.19. The molecule has 0 aliphatic carbocycles. The predicted octanol–water partition coefficient (Wildman–Crippen LogP) is 2.90. The van der Waals surface area contributed by atoms with Crippen LogP contribution in [0.25, 0.3) is 0 Å². The van der Waals surface area contributed by atoms with E-state index < -0.39 is 5.97 Å². The zero-order chi connectivity index (χ0) is 20.8. The van der Waals surface area contributed by atoms with Crippen molar-refractivity contribution in [2.75, 3.05) is 19.6 Å². The molecule has 1 fully saturated rings. The quantitative estimate of drug-likeness (QED) is 0.789. The Labute approximate surface area is 170 Å². The highest BCUT2D eigenvalue weighted by Gasteiger charge is 2.28. The fourth-order valence-electron chi connectivity index (χ4n) is 3.54. The van der Waals surface area contributed by atoms with Gasteiger partial charge in [-0.05, 0) is 56.0 Å². The lowest BCUT2D eigenvalue weighted by Gasteiger charge is -2.32. The molecule has 2 aromatic carbocycles. The maximum atomic E-state index is 12.7. The van der Waals surface area contributed by atoms with Gasteiger partial charge in [-0.15, -0.1) is 0 Å². The maximum Gasteiger partial charge on any atom is 0.335 e. The van der Waals surface area contributed by atoms with E-state index in [-0.39, 0.29) is 23.3 Å². The highest BCUT2D eigenvalue weighted by molar-refractivity contribution is 5.94. The van der Waals surface area contributed by atoms with Gasteiger partial charge in [0, 0.05) is 25.2 Å². The molecule has 0 spiro atoms. The SMILES string of the molecule is Cc1ccc(C(=O)N2CCCC(C(=O)NCCc3ccc(C(=O)O)cc3)C2)cc1. The molecule has 0 radical (unpaired) electrons. The standard InChI is InChI=1S/C23H26N2O4/c1-16-4-8-18(9-5-16)22(27)25-14-2-3-20(15-25)21(26)24-13-12-17-6-10-19(11-7-17)23(28)29/h4-11,20H,2-3,12-15H2,1H3,(H,24,26)(H,28,29). The number of benzene rings is 2. The molecule has 6 nitrogen and oxygen atoms in total. The van der Waals surface area contributed by atoms with Gasteiger partial charge in [0.2, 0.25) is 5.91 Å². The number of likely N-dealkylation sites (tertiary alicyclic amines) is 1. The number of aryl methyl sites for hydroxylation is 1. The van der Waals surface area contributed by atoms with Crippen LogP contribution < -0.4 is 5.32 Å². The first kappa shape index (κ1) is 20.6. The smallest absolute Gasteiger partial charge is 0.335 e. The third-order valence-corrected chi connectivity index (χ3v) is 5.29. The van der Waals surface area contributed by atoms with Gasteiger partial charge in [-0.2, -0.15) is 0 Å². The van der Waals surface area contributed by atoms with Crippen LogP contribution in [0.4, 0.5) is 0 Å². The lowest BCUT2D eigenvalue weighted by atomic mass is 9.96. The van der Waals surface area contributed by atoms with Crippen molar-refractivity contribution in [3.8, 4) is 0 Å². The summed E-state index contributed by atoms with van der Waals surface area (Å²) in [4.78, 5) is 37.9. The molecule has 2 amide bonds. The van der Waals surface area contributed by atoms with Crippen LogP contribution in [0.1, 0.15) is 44.7 Å². The van der Waals surface area contributed by atoms with Crippen molar-refractivity contribution >= 4 is 17.8 Å². The first-order valence-electron chi connectivity index (χ1n) is 9.90. The summed E-state index contributed by atoms with van der Waals surface area (Å²) in [5.41, 5.74) is 2.98. The summed E-state index contributed by atoms with van der Waals surface area (Å²) in [6.45, 7) is 3.57. The third kappa shape index (κ3) is 5.44. The molecule has 0 aromatic heterocycles. The van der Waals surface area contributed by atoms with Gasteiger partial charge >= 0.3 is 5.97 Å². The molecule has 2 N–H and O–H groups in total. The molecule has 1 aliphatic rings. The number of aromatic carboxylic acids is 1. The molecule has 0 saturated carbocycles. The van der Waals surface area contributed by atoms with Crippen molar-refractivity contribution < 1.29 is 19.5 Å². The summed E-state index contributed by atoms with van der Waals surface area (Å²) >= 11 is 0. The van der Waals surface area contributed by atoms with Crippen molar-refractivity contribution in [1.82, 2.24) is 10.2 Å². The summed E-state index contributed by atoms with van der Waals surface area (Å²) in [7, 11) is 0. The third-order valence-electron chi connectivity index (χ3n) is 5.29. The van der Waals surface area contributed by atoms with Gasteiger partial charge in [0.25, 0.3) is 5.91 Å². The Morgan fingerprint density at radius 1 is 1.03 bits per heavy atom. The number of hydrogen-bond acceptors (Lipinski definition) is 3. The number of carboxylic acid groups (broad SMARTS) is 1. The molecular formula is C23H26N2O4. The van der Waals surface area contributed by atoms with E-state index in [0.717, 1.165) is 24.0 Å². The average molecular weight is 394 g/mol. The summed E-state index contributed by atoms with van der Waals surface area (Å²) in [5, 5.41) is 11.9. The van der Waals surface area contributed by atoms with E-state index >= 15 is 0 Å². The fraction of sp³-hybridized carbons (Fsp3) is 0.348. The summed E-state index contributed by atoms with van der Waals surface area (Å²) in [6, 6.07) is 14.2. The zero-order valence-corrected chi connectivity index (χ0v) is 16.6. The molecule has 1 heterocycles. The van der Waals surface area contributed by atoms with E-state index in [1.807, 2.05) is 31.2 Å². The minimum Gasteiger partial charge on any atom is -0.478 e. The Kier molecular flexibility index (Phi) is 6.65. The number of nitrogens with zero attached hydrogens (tertiary/aromatic N) is 1. The Balaban J connectivity index is 1.49. The molecule has 3 rings (SSSR count). The number of rotatable bonds is 6. The molecule has 2 aromatic rings. The second kappa shape index (κ2) is 9.37. The van der Waals surface area contributed by atoms with Gasteiger partial charge < -0.3 is 15.3 Å². The largest absolute Gasteiger partial charge is 0.478 e. The van der Waals surface area contributed by atoms with E-state index in [1.54, 1.807) is 29.2 Å². The Morgan fingerprint density at radius 3 is 2.34 bits per heavy atom. The van der Waals surface area contributed by atoms with Crippen LogP contribution in [0.3, 0.4) is 0 Å². The van der Waals surface area contributed by atoms with Gasteiger partial charge in [0.05, 0.1) is 11.5 Å². The van der Waals surface area contributed by atoms with Crippen molar-refractivity contribution in [2.45, 2.75) is 26.2 Å².